The van der Waals surface area contributed by atoms with Gasteiger partial charge >= 0.3 is 0 Å². The summed E-state index contributed by atoms with van der Waals surface area (Å²) in [7, 11) is -3.76. The zero-order valence-electron chi connectivity index (χ0n) is 15.4. The lowest BCUT2D eigenvalue weighted by Crippen LogP contribution is -2.30. The Bertz CT molecular complexity index is 1130. The Labute approximate surface area is 168 Å². The molecule has 0 radical (unpaired) electrons. The maximum absolute atomic E-state index is 12.8. The molecule has 3 rings (SSSR count). The number of anilines is 1. The largest absolute Gasteiger partial charge is 0.321 e. The van der Waals surface area contributed by atoms with Gasteiger partial charge in [-0.1, -0.05) is 37.6 Å². The van der Waals surface area contributed by atoms with Gasteiger partial charge in [0.15, 0.2) is 0 Å². The molecule has 0 unspecified atom stereocenters. The summed E-state index contributed by atoms with van der Waals surface area (Å²) in [5.41, 5.74) is 1.70. The summed E-state index contributed by atoms with van der Waals surface area (Å²) in [5, 5.41) is 2.75. The zero-order chi connectivity index (χ0) is 20.3. The smallest absolute Gasteiger partial charge is 0.275 e. The van der Waals surface area contributed by atoms with Crippen molar-refractivity contribution < 1.29 is 13.2 Å². The maximum atomic E-state index is 12.8. The second-order valence-corrected chi connectivity index (χ2v) is 8.25. The molecule has 28 heavy (non-hydrogen) atoms. The molecule has 0 atom stereocenters. The third-order valence-corrected chi connectivity index (χ3v) is 6.72. The number of hydrogen-bond donors (Lipinski definition) is 1. The topological polar surface area (TPSA) is 92.3 Å². The first kappa shape index (κ1) is 20.2. The Morgan fingerprint density at radius 1 is 1.11 bits per heavy atom. The van der Waals surface area contributed by atoms with Crippen LogP contribution in [0.4, 0.5) is 5.69 Å². The first-order valence-corrected chi connectivity index (χ1v) is 10.5. The van der Waals surface area contributed by atoms with Gasteiger partial charge < -0.3 is 5.32 Å². The van der Waals surface area contributed by atoms with Gasteiger partial charge in [0.25, 0.3) is 5.91 Å². The van der Waals surface area contributed by atoms with Crippen LogP contribution in [0.15, 0.2) is 53.6 Å². The molecule has 0 fully saturated rings. The number of para-hydroxylation sites is 2. The van der Waals surface area contributed by atoms with Gasteiger partial charge in [-0.25, -0.2) is 13.4 Å². The number of fused-ring (bicyclic) bond motifs is 1. The van der Waals surface area contributed by atoms with E-state index in [1.165, 1.54) is 28.7 Å². The van der Waals surface area contributed by atoms with E-state index in [1.807, 2.05) is 12.1 Å². The Kier molecular flexibility index (Phi) is 5.93. The molecule has 1 N–H and O–H groups in total. The van der Waals surface area contributed by atoms with Crippen LogP contribution >= 0.6 is 11.6 Å². The average Bonchev–Trinajstić information content (AvgIpc) is 2.69. The van der Waals surface area contributed by atoms with Crippen LogP contribution in [0, 0.1) is 0 Å². The highest BCUT2D eigenvalue weighted by Gasteiger charge is 2.25. The van der Waals surface area contributed by atoms with Crippen molar-refractivity contribution in [1.82, 2.24) is 14.3 Å². The van der Waals surface area contributed by atoms with Crippen LogP contribution in [-0.2, 0) is 10.0 Å². The summed E-state index contributed by atoms with van der Waals surface area (Å²) >= 11 is 6.12. The molecule has 1 amide bonds. The molecule has 0 aliphatic carbocycles. The van der Waals surface area contributed by atoms with E-state index in [1.54, 1.807) is 26.0 Å². The Hall–Kier alpha value is -2.55. The van der Waals surface area contributed by atoms with Gasteiger partial charge in [-0.3, -0.25) is 9.78 Å². The SMILES string of the molecule is CCN(CC)S(=O)(=O)c1cc(NC(=O)c2cnc3ccccc3n2)ccc1Cl. The molecule has 9 heteroatoms. The van der Waals surface area contributed by atoms with Crippen molar-refractivity contribution in [3.05, 3.63) is 59.4 Å². The Morgan fingerprint density at radius 2 is 1.79 bits per heavy atom. The molecule has 0 aliphatic heterocycles. The molecule has 0 aliphatic rings. The van der Waals surface area contributed by atoms with Crippen molar-refractivity contribution in [3.8, 4) is 0 Å². The van der Waals surface area contributed by atoms with Gasteiger partial charge in [-0.2, -0.15) is 4.31 Å². The van der Waals surface area contributed by atoms with Gasteiger partial charge in [-0.15, -0.1) is 0 Å². The summed E-state index contributed by atoms with van der Waals surface area (Å²) in [6.07, 6.45) is 1.38. The second-order valence-electron chi connectivity index (χ2n) is 5.93. The first-order valence-electron chi connectivity index (χ1n) is 8.69. The van der Waals surface area contributed by atoms with Crippen LogP contribution in [0.25, 0.3) is 11.0 Å². The molecule has 0 spiro atoms. The van der Waals surface area contributed by atoms with E-state index in [4.69, 9.17) is 11.6 Å². The van der Waals surface area contributed by atoms with Crippen molar-refractivity contribution in [2.45, 2.75) is 18.7 Å². The minimum atomic E-state index is -3.76. The molecule has 146 valence electrons. The van der Waals surface area contributed by atoms with Crippen molar-refractivity contribution in [2.75, 3.05) is 18.4 Å². The summed E-state index contributed by atoms with van der Waals surface area (Å²) in [6.45, 7) is 4.13. The van der Waals surface area contributed by atoms with Crippen LogP contribution in [-0.4, -0.2) is 41.7 Å². The minimum Gasteiger partial charge on any atom is -0.321 e. The number of nitrogens with zero attached hydrogens (tertiary/aromatic N) is 3. The van der Waals surface area contributed by atoms with Crippen molar-refractivity contribution in [2.24, 2.45) is 0 Å². The summed E-state index contributed by atoms with van der Waals surface area (Å²) in [4.78, 5) is 21.0. The maximum Gasteiger partial charge on any atom is 0.275 e. The number of nitrogens with one attached hydrogen (secondary N) is 1. The molecule has 0 saturated carbocycles. The van der Waals surface area contributed by atoms with Gasteiger partial charge in [0.2, 0.25) is 10.0 Å². The van der Waals surface area contributed by atoms with Crippen molar-refractivity contribution in [1.29, 1.82) is 0 Å². The number of rotatable bonds is 6. The fraction of sp³-hybridized carbons (Fsp3) is 0.211. The normalized spacial score (nSPS) is 11.7. The molecule has 0 bridgehead atoms. The standard InChI is InChI=1S/C19H19ClN4O3S/c1-3-24(4-2)28(26,27)18-11-13(9-10-14(18)20)22-19(25)17-12-21-15-7-5-6-8-16(15)23-17/h5-12H,3-4H2,1-2H3,(H,22,25). The van der Waals surface area contributed by atoms with Gasteiger partial charge in [0.1, 0.15) is 10.6 Å². The van der Waals surface area contributed by atoms with Gasteiger partial charge in [0, 0.05) is 18.8 Å². The van der Waals surface area contributed by atoms with Crippen LogP contribution in [0.1, 0.15) is 24.3 Å². The summed E-state index contributed by atoms with van der Waals surface area (Å²) < 4.78 is 26.9. The van der Waals surface area contributed by atoms with Crippen LogP contribution in [0.5, 0.6) is 0 Å². The number of hydrogen-bond acceptors (Lipinski definition) is 5. The fourth-order valence-electron chi connectivity index (χ4n) is 2.74. The predicted molar refractivity (Wildman–Crippen MR) is 109 cm³/mol. The number of carbonyl (C=O) groups is 1. The van der Waals surface area contributed by atoms with Gasteiger partial charge in [-0.05, 0) is 30.3 Å². The highest BCUT2D eigenvalue weighted by Crippen LogP contribution is 2.28. The molecule has 7 nitrogen and oxygen atoms in total. The van der Waals surface area contributed by atoms with E-state index >= 15 is 0 Å². The molecular formula is C19H19ClN4O3S. The molecule has 3 aromatic rings. The molecule has 0 saturated heterocycles. The van der Waals surface area contributed by atoms with Crippen LogP contribution in [0.2, 0.25) is 5.02 Å². The number of sulfonamides is 1. The van der Waals surface area contributed by atoms with E-state index in [9.17, 15) is 13.2 Å². The fourth-order valence-corrected chi connectivity index (χ4v) is 4.70. The van der Waals surface area contributed by atoms with E-state index < -0.39 is 15.9 Å². The molecule has 2 aromatic carbocycles. The predicted octanol–water partition coefficient (Wildman–Crippen LogP) is 3.57. The lowest BCUT2D eigenvalue weighted by Gasteiger charge is -2.19. The lowest BCUT2D eigenvalue weighted by molar-refractivity contribution is 0.102. The van der Waals surface area contributed by atoms with Crippen molar-refractivity contribution in [3.63, 3.8) is 0 Å². The molecule has 1 aromatic heterocycles. The van der Waals surface area contributed by atoms with E-state index in [0.717, 1.165) is 0 Å². The average molecular weight is 419 g/mol. The Balaban J connectivity index is 1.91. The summed E-state index contributed by atoms with van der Waals surface area (Å²) in [6, 6.07) is 11.5. The number of amides is 1. The monoisotopic (exact) mass is 418 g/mol. The quantitative estimate of drug-likeness (QED) is 0.660. The number of halogens is 1. The highest BCUT2D eigenvalue weighted by atomic mass is 35.5. The van der Waals surface area contributed by atoms with Crippen molar-refractivity contribution >= 4 is 44.3 Å². The number of benzene rings is 2. The van der Waals surface area contributed by atoms with Crippen LogP contribution in [0.3, 0.4) is 0 Å². The zero-order valence-corrected chi connectivity index (χ0v) is 17.0. The van der Waals surface area contributed by atoms with E-state index in [-0.39, 0.29) is 15.6 Å². The van der Waals surface area contributed by atoms with Crippen LogP contribution < -0.4 is 5.32 Å². The summed E-state index contributed by atoms with van der Waals surface area (Å²) in [5.74, 6) is -0.494. The number of aromatic nitrogens is 2. The minimum absolute atomic E-state index is 0.0553. The third kappa shape index (κ3) is 3.99. The molecule has 1 heterocycles. The Morgan fingerprint density at radius 3 is 2.46 bits per heavy atom. The third-order valence-electron chi connectivity index (χ3n) is 4.19. The van der Waals surface area contributed by atoms with E-state index in [2.05, 4.69) is 15.3 Å². The number of carbonyl (C=O) groups excluding carboxylic acids is 1. The highest BCUT2D eigenvalue weighted by molar-refractivity contribution is 7.89. The lowest BCUT2D eigenvalue weighted by atomic mass is 10.2. The molecular weight excluding hydrogens is 400 g/mol. The van der Waals surface area contributed by atoms with E-state index in [0.29, 0.717) is 29.8 Å². The van der Waals surface area contributed by atoms with Gasteiger partial charge in [0.05, 0.1) is 22.3 Å². The first-order chi connectivity index (χ1) is 13.4. The second kappa shape index (κ2) is 8.22.